The number of aryl methyl sites for hydroxylation is 1. The fourth-order valence-electron chi connectivity index (χ4n) is 2.80. The molecule has 0 unspecified atom stereocenters. The van der Waals surface area contributed by atoms with E-state index in [0.717, 1.165) is 24.6 Å². The summed E-state index contributed by atoms with van der Waals surface area (Å²) in [6.07, 6.45) is 6.04. The Hall–Kier alpha value is -0.830. The van der Waals surface area contributed by atoms with Crippen LogP contribution < -0.4 is 4.90 Å². The molecule has 1 heterocycles. The molecule has 1 fully saturated rings. The predicted octanol–water partition coefficient (Wildman–Crippen LogP) is 4.10. The van der Waals surface area contributed by atoms with E-state index >= 15 is 0 Å². The summed E-state index contributed by atoms with van der Waals surface area (Å²) in [7, 11) is 0. The van der Waals surface area contributed by atoms with Crippen molar-refractivity contribution in [1.82, 2.24) is 9.97 Å². The van der Waals surface area contributed by atoms with Gasteiger partial charge in [0.2, 0.25) is 0 Å². The van der Waals surface area contributed by atoms with Crippen LogP contribution in [0.25, 0.3) is 0 Å². The number of hydrogen-bond acceptors (Lipinski definition) is 3. The summed E-state index contributed by atoms with van der Waals surface area (Å²) in [5.41, 5.74) is 0. The van der Waals surface area contributed by atoms with E-state index in [0.29, 0.717) is 17.1 Å². The van der Waals surface area contributed by atoms with Crippen molar-refractivity contribution in [3.8, 4) is 0 Å². The molecule has 0 aromatic carbocycles. The van der Waals surface area contributed by atoms with Gasteiger partial charge in [-0.1, -0.05) is 45.2 Å². The number of halogens is 1. The molecule has 0 atom stereocenters. The van der Waals surface area contributed by atoms with E-state index in [1.807, 2.05) is 6.07 Å². The van der Waals surface area contributed by atoms with Crippen LogP contribution in [0.5, 0.6) is 0 Å². The Morgan fingerprint density at radius 3 is 2.58 bits per heavy atom. The van der Waals surface area contributed by atoms with Crippen LogP contribution in [0.2, 0.25) is 5.15 Å². The lowest BCUT2D eigenvalue weighted by molar-refractivity contribution is 0.530. The van der Waals surface area contributed by atoms with Crippen molar-refractivity contribution in [1.29, 1.82) is 0 Å². The number of anilines is 1. The van der Waals surface area contributed by atoms with E-state index in [9.17, 15) is 0 Å². The first-order valence-corrected chi connectivity index (χ1v) is 7.78. The van der Waals surface area contributed by atoms with Gasteiger partial charge in [0.1, 0.15) is 16.8 Å². The molecule has 0 radical (unpaired) electrons. The average molecular weight is 282 g/mol. The van der Waals surface area contributed by atoms with Crippen molar-refractivity contribution in [3.63, 3.8) is 0 Å². The predicted molar refractivity (Wildman–Crippen MR) is 80.9 cm³/mol. The van der Waals surface area contributed by atoms with Crippen LogP contribution >= 0.6 is 11.6 Å². The summed E-state index contributed by atoms with van der Waals surface area (Å²) < 4.78 is 0. The van der Waals surface area contributed by atoms with Crippen molar-refractivity contribution >= 4 is 17.4 Å². The van der Waals surface area contributed by atoms with Gasteiger partial charge in [-0.3, -0.25) is 0 Å². The van der Waals surface area contributed by atoms with Gasteiger partial charge in [0, 0.05) is 25.1 Å². The number of hydrogen-bond donors (Lipinski definition) is 0. The highest BCUT2D eigenvalue weighted by molar-refractivity contribution is 6.29. The van der Waals surface area contributed by atoms with Gasteiger partial charge in [0.25, 0.3) is 0 Å². The molecule has 1 saturated carbocycles. The lowest BCUT2D eigenvalue weighted by Gasteiger charge is -2.32. The summed E-state index contributed by atoms with van der Waals surface area (Å²) in [4.78, 5) is 11.4. The highest BCUT2D eigenvalue weighted by atomic mass is 35.5. The zero-order chi connectivity index (χ0) is 13.8. The number of aromatic nitrogens is 2. The standard InChI is InChI=1S/C15H24ClN3/c1-4-14-17-13(16)9-15(18-14)19(10-11(2)3)12-7-5-6-8-12/h9,11-12H,4-8,10H2,1-3H3. The monoisotopic (exact) mass is 281 g/mol. The number of nitrogens with zero attached hydrogens (tertiary/aromatic N) is 3. The largest absolute Gasteiger partial charge is 0.353 e. The van der Waals surface area contributed by atoms with Crippen LogP contribution in [0, 0.1) is 5.92 Å². The van der Waals surface area contributed by atoms with Gasteiger partial charge in [-0.25, -0.2) is 9.97 Å². The van der Waals surface area contributed by atoms with E-state index in [4.69, 9.17) is 11.6 Å². The van der Waals surface area contributed by atoms with E-state index < -0.39 is 0 Å². The molecule has 0 aliphatic heterocycles. The summed E-state index contributed by atoms with van der Waals surface area (Å²) in [5, 5.41) is 0.564. The molecule has 1 aliphatic carbocycles. The first kappa shape index (κ1) is 14.6. The fourth-order valence-corrected chi connectivity index (χ4v) is 2.99. The minimum Gasteiger partial charge on any atom is -0.353 e. The van der Waals surface area contributed by atoms with Crippen LogP contribution in [0.4, 0.5) is 5.82 Å². The Morgan fingerprint density at radius 1 is 1.32 bits per heavy atom. The van der Waals surface area contributed by atoms with Crippen LogP contribution in [0.15, 0.2) is 6.07 Å². The maximum atomic E-state index is 6.14. The van der Waals surface area contributed by atoms with E-state index in [1.165, 1.54) is 25.7 Å². The summed E-state index contributed by atoms with van der Waals surface area (Å²) in [5.74, 6) is 2.48. The number of rotatable bonds is 5. The molecule has 2 rings (SSSR count). The fraction of sp³-hybridized carbons (Fsp3) is 0.733. The molecule has 1 aliphatic rings. The van der Waals surface area contributed by atoms with Crippen LogP contribution in [0.3, 0.4) is 0 Å². The Labute approximate surface area is 121 Å². The smallest absolute Gasteiger partial charge is 0.134 e. The van der Waals surface area contributed by atoms with Crippen molar-refractivity contribution in [3.05, 3.63) is 17.0 Å². The normalized spacial score (nSPS) is 16.3. The maximum absolute atomic E-state index is 6.14. The van der Waals surface area contributed by atoms with Crippen molar-refractivity contribution < 1.29 is 0 Å². The molecule has 0 N–H and O–H groups in total. The van der Waals surface area contributed by atoms with Gasteiger partial charge < -0.3 is 4.90 Å². The van der Waals surface area contributed by atoms with Gasteiger partial charge >= 0.3 is 0 Å². The first-order valence-electron chi connectivity index (χ1n) is 7.40. The van der Waals surface area contributed by atoms with Gasteiger partial charge in [-0.2, -0.15) is 0 Å². The lowest BCUT2D eigenvalue weighted by atomic mass is 10.1. The second-order valence-corrected chi connectivity index (χ2v) is 6.19. The van der Waals surface area contributed by atoms with E-state index in [1.54, 1.807) is 0 Å². The molecule has 0 bridgehead atoms. The van der Waals surface area contributed by atoms with Crippen molar-refractivity contribution in [2.24, 2.45) is 5.92 Å². The van der Waals surface area contributed by atoms with Gasteiger partial charge in [0.15, 0.2) is 0 Å². The molecule has 0 saturated heterocycles. The molecule has 3 nitrogen and oxygen atoms in total. The first-order chi connectivity index (χ1) is 9.10. The molecule has 1 aromatic rings. The quantitative estimate of drug-likeness (QED) is 0.761. The highest BCUT2D eigenvalue weighted by Crippen LogP contribution is 2.29. The third-order valence-electron chi connectivity index (χ3n) is 3.67. The second-order valence-electron chi connectivity index (χ2n) is 5.80. The molecule has 1 aromatic heterocycles. The third-order valence-corrected chi connectivity index (χ3v) is 3.86. The maximum Gasteiger partial charge on any atom is 0.134 e. The summed E-state index contributed by atoms with van der Waals surface area (Å²) in [6.45, 7) is 7.62. The molecular weight excluding hydrogens is 258 g/mol. The van der Waals surface area contributed by atoms with E-state index in [-0.39, 0.29) is 0 Å². The van der Waals surface area contributed by atoms with E-state index in [2.05, 4.69) is 35.6 Å². The Balaban J connectivity index is 2.28. The van der Waals surface area contributed by atoms with Crippen LogP contribution in [-0.4, -0.2) is 22.6 Å². The summed E-state index contributed by atoms with van der Waals surface area (Å²) in [6, 6.07) is 2.54. The Kier molecular flexibility index (Phi) is 5.03. The topological polar surface area (TPSA) is 29.0 Å². The Bertz CT molecular complexity index is 414. The van der Waals surface area contributed by atoms with Crippen LogP contribution in [-0.2, 0) is 6.42 Å². The van der Waals surface area contributed by atoms with Gasteiger partial charge in [0.05, 0.1) is 0 Å². The SMILES string of the molecule is CCc1nc(Cl)cc(N(CC(C)C)C2CCCC2)n1. The van der Waals surface area contributed by atoms with Crippen molar-refractivity contribution in [2.45, 2.75) is 58.9 Å². The minimum atomic E-state index is 0.564. The second kappa shape index (κ2) is 6.56. The third kappa shape index (κ3) is 3.82. The van der Waals surface area contributed by atoms with Crippen LogP contribution in [0.1, 0.15) is 52.3 Å². The molecule has 0 spiro atoms. The average Bonchev–Trinajstić information content (AvgIpc) is 2.88. The van der Waals surface area contributed by atoms with Gasteiger partial charge in [-0.15, -0.1) is 0 Å². The molecule has 19 heavy (non-hydrogen) atoms. The zero-order valence-electron chi connectivity index (χ0n) is 12.2. The van der Waals surface area contributed by atoms with Gasteiger partial charge in [-0.05, 0) is 18.8 Å². The highest BCUT2D eigenvalue weighted by Gasteiger charge is 2.25. The summed E-state index contributed by atoms with van der Waals surface area (Å²) >= 11 is 6.14. The molecule has 0 amide bonds. The molecule has 106 valence electrons. The molecular formula is C15H24ClN3. The minimum absolute atomic E-state index is 0.564. The Morgan fingerprint density at radius 2 is 2.00 bits per heavy atom. The zero-order valence-corrected chi connectivity index (χ0v) is 13.0. The lowest BCUT2D eigenvalue weighted by Crippen LogP contribution is -2.37. The molecule has 4 heteroatoms. The van der Waals surface area contributed by atoms with Crippen molar-refractivity contribution in [2.75, 3.05) is 11.4 Å².